The third-order valence-electron chi connectivity index (χ3n) is 6.17. The lowest BCUT2D eigenvalue weighted by Crippen LogP contribution is -2.51. The number of aromatic nitrogens is 2. The predicted octanol–water partition coefficient (Wildman–Crippen LogP) is 3.45. The number of anilines is 1. The van der Waals surface area contributed by atoms with E-state index in [1.807, 2.05) is 17.0 Å². The zero-order chi connectivity index (χ0) is 20.7. The number of fused-ring (bicyclic) bond motifs is 4. The summed E-state index contributed by atoms with van der Waals surface area (Å²) in [5.41, 5.74) is 3.63. The van der Waals surface area contributed by atoms with E-state index in [0.29, 0.717) is 24.5 Å². The molecule has 1 amide bonds. The van der Waals surface area contributed by atoms with Crippen molar-refractivity contribution >= 4 is 11.6 Å². The number of amides is 1. The number of ether oxygens (including phenoxy) is 2. The Bertz CT molecular complexity index is 1080. The molecular weight excluding hydrogens is 380 g/mol. The van der Waals surface area contributed by atoms with Crippen LogP contribution in [0.15, 0.2) is 54.9 Å². The molecule has 0 aliphatic carbocycles. The van der Waals surface area contributed by atoms with Gasteiger partial charge in [-0.05, 0) is 49.2 Å². The highest BCUT2D eigenvalue weighted by molar-refractivity contribution is 5.92. The highest BCUT2D eigenvalue weighted by Gasteiger charge is 2.42. The number of carbonyl (C=O) groups is 1. The minimum Gasteiger partial charge on any atom is -0.497 e. The Morgan fingerprint density at radius 2 is 1.83 bits per heavy atom. The van der Waals surface area contributed by atoms with E-state index in [4.69, 9.17) is 9.47 Å². The second-order valence-electron chi connectivity index (χ2n) is 7.73. The van der Waals surface area contributed by atoms with Gasteiger partial charge in [-0.3, -0.25) is 4.79 Å². The van der Waals surface area contributed by atoms with Crippen LogP contribution in [0.5, 0.6) is 11.5 Å². The number of benzene rings is 1. The van der Waals surface area contributed by atoms with E-state index >= 15 is 0 Å². The van der Waals surface area contributed by atoms with E-state index in [0.717, 1.165) is 30.0 Å². The Balaban J connectivity index is 1.39. The van der Waals surface area contributed by atoms with Gasteiger partial charge in [-0.25, -0.2) is 4.98 Å². The number of nitrogens with zero attached hydrogens (tertiary/aromatic N) is 3. The highest BCUT2D eigenvalue weighted by atomic mass is 16.5. The largest absolute Gasteiger partial charge is 0.497 e. The summed E-state index contributed by atoms with van der Waals surface area (Å²) in [5.74, 6) is 1.43. The SMILES string of the molecule is COc1ccc(C(=O)N2CCC3(CC2)Nc2cc(OC)ccc2-n2cccc23)nc1. The molecule has 0 unspecified atom stereocenters. The van der Waals surface area contributed by atoms with Crippen LogP contribution in [-0.4, -0.2) is 47.7 Å². The van der Waals surface area contributed by atoms with Crippen molar-refractivity contribution in [1.82, 2.24) is 14.5 Å². The summed E-state index contributed by atoms with van der Waals surface area (Å²) in [7, 11) is 3.27. The zero-order valence-corrected chi connectivity index (χ0v) is 17.1. The summed E-state index contributed by atoms with van der Waals surface area (Å²) in [6, 6.07) is 13.8. The molecule has 4 heterocycles. The van der Waals surface area contributed by atoms with Crippen LogP contribution in [0, 0.1) is 0 Å². The molecule has 1 aromatic carbocycles. The van der Waals surface area contributed by atoms with Crippen LogP contribution >= 0.6 is 0 Å². The van der Waals surface area contributed by atoms with Crippen LogP contribution in [-0.2, 0) is 5.54 Å². The Labute approximate surface area is 175 Å². The van der Waals surface area contributed by atoms with Crippen LogP contribution in [0.1, 0.15) is 29.0 Å². The number of rotatable bonds is 3. The van der Waals surface area contributed by atoms with E-state index in [9.17, 15) is 4.79 Å². The van der Waals surface area contributed by atoms with Gasteiger partial charge in [0.25, 0.3) is 5.91 Å². The van der Waals surface area contributed by atoms with Gasteiger partial charge < -0.3 is 24.3 Å². The molecule has 2 aromatic heterocycles. The first-order valence-electron chi connectivity index (χ1n) is 10.1. The van der Waals surface area contributed by atoms with Crippen molar-refractivity contribution in [2.24, 2.45) is 0 Å². The predicted molar refractivity (Wildman–Crippen MR) is 114 cm³/mol. The van der Waals surface area contributed by atoms with Crippen LogP contribution in [0.4, 0.5) is 5.69 Å². The third-order valence-corrected chi connectivity index (χ3v) is 6.17. The molecule has 0 saturated carbocycles. The third kappa shape index (κ3) is 2.89. The van der Waals surface area contributed by atoms with Crippen LogP contribution < -0.4 is 14.8 Å². The van der Waals surface area contributed by atoms with Crippen LogP contribution in [0.25, 0.3) is 5.69 Å². The lowest BCUT2D eigenvalue weighted by atomic mass is 9.82. The summed E-state index contributed by atoms with van der Waals surface area (Å²) in [6.07, 6.45) is 5.31. The molecule has 30 heavy (non-hydrogen) atoms. The molecule has 154 valence electrons. The molecule has 7 nitrogen and oxygen atoms in total. The van der Waals surface area contributed by atoms with Crippen LogP contribution in [0.2, 0.25) is 0 Å². The second-order valence-corrected chi connectivity index (χ2v) is 7.73. The molecule has 1 saturated heterocycles. The van der Waals surface area contributed by atoms with E-state index in [1.165, 1.54) is 5.69 Å². The minimum atomic E-state index is -0.215. The first-order chi connectivity index (χ1) is 14.6. The van der Waals surface area contributed by atoms with Gasteiger partial charge in [0.1, 0.15) is 17.2 Å². The number of likely N-dealkylation sites (tertiary alicyclic amines) is 1. The molecule has 0 bridgehead atoms. The molecule has 1 N–H and O–H groups in total. The van der Waals surface area contributed by atoms with Gasteiger partial charge in [0.05, 0.1) is 37.3 Å². The van der Waals surface area contributed by atoms with Gasteiger partial charge in [0.2, 0.25) is 0 Å². The van der Waals surface area contributed by atoms with Gasteiger partial charge in [-0.15, -0.1) is 0 Å². The van der Waals surface area contributed by atoms with Gasteiger partial charge in [-0.1, -0.05) is 0 Å². The fourth-order valence-electron chi connectivity index (χ4n) is 4.52. The molecule has 2 aliphatic rings. The van der Waals surface area contributed by atoms with E-state index in [1.54, 1.807) is 32.5 Å². The van der Waals surface area contributed by atoms with Crippen molar-refractivity contribution in [3.05, 3.63) is 66.2 Å². The van der Waals surface area contributed by atoms with E-state index in [2.05, 4.69) is 39.3 Å². The van der Waals surface area contributed by atoms with Crippen molar-refractivity contribution in [3.8, 4) is 17.2 Å². The van der Waals surface area contributed by atoms with Crippen molar-refractivity contribution in [2.75, 3.05) is 32.6 Å². The first kappa shape index (κ1) is 18.5. The molecule has 7 heteroatoms. The molecule has 0 atom stereocenters. The maximum Gasteiger partial charge on any atom is 0.272 e. The van der Waals surface area contributed by atoms with Gasteiger partial charge in [0, 0.05) is 31.0 Å². The second kappa shape index (κ2) is 7.09. The average molecular weight is 404 g/mol. The van der Waals surface area contributed by atoms with Crippen molar-refractivity contribution in [2.45, 2.75) is 18.4 Å². The fourth-order valence-corrected chi connectivity index (χ4v) is 4.52. The normalized spacial score (nSPS) is 16.4. The Hall–Kier alpha value is -3.48. The topological polar surface area (TPSA) is 68.6 Å². The van der Waals surface area contributed by atoms with Gasteiger partial charge >= 0.3 is 0 Å². The maximum absolute atomic E-state index is 12.9. The molecular formula is C23H24N4O3. The maximum atomic E-state index is 12.9. The minimum absolute atomic E-state index is 0.0410. The molecule has 2 aliphatic heterocycles. The fraction of sp³-hybridized carbons (Fsp3) is 0.304. The number of hydrogen-bond donors (Lipinski definition) is 1. The number of piperidine rings is 1. The summed E-state index contributed by atoms with van der Waals surface area (Å²) in [6.45, 7) is 1.31. The zero-order valence-electron chi connectivity index (χ0n) is 17.1. The van der Waals surface area contributed by atoms with Crippen molar-refractivity contribution in [1.29, 1.82) is 0 Å². The molecule has 1 fully saturated rings. The number of hydrogen-bond acceptors (Lipinski definition) is 5. The number of carbonyl (C=O) groups excluding carboxylic acids is 1. The molecule has 1 spiro atoms. The highest BCUT2D eigenvalue weighted by Crippen LogP contribution is 2.44. The first-order valence-corrected chi connectivity index (χ1v) is 10.1. The summed E-state index contributed by atoms with van der Waals surface area (Å²) in [5, 5.41) is 3.77. The Morgan fingerprint density at radius 1 is 1.07 bits per heavy atom. The molecule has 5 rings (SSSR count). The summed E-state index contributed by atoms with van der Waals surface area (Å²) in [4.78, 5) is 19.1. The standard InChI is InChI=1S/C23H24N4O3/c1-29-16-6-8-20-19(14-16)25-23(21-4-3-11-27(20)21)9-12-26(13-10-23)22(28)18-7-5-17(30-2)15-24-18/h3-8,11,14-15,25H,9-10,12-13H2,1-2H3. The Kier molecular flexibility index (Phi) is 4.38. The van der Waals surface area contributed by atoms with Crippen LogP contribution in [0.3, 0.4) is 0 Å². The smallest absolute Gasteiger partial charge is 0.272 e. The van der Waals surface area contributed by atoms with Crippen molar-refractivity contribution < 1.29 is 14.3 Å². The van der Waals surface area contributed by atoms with Gasteiger partial charge in [0.15, 0.2) is 0 Å². The van der Waals surface area contributed by atoms with Crippen molar-refractivity contribution in [3.63, 3.8) is 0 Å². The Morgan fingerprint density at radius 3 is 2.53 bits per heavy atom. The van der Waals surface area contributed by atoms with Gasteiger partial charge in [-0.2, -0.15) is 0 Å². The quantitative estimate of drug-likeness (QED) is 0.724. The number of methoxy groups -OCH3 is 2. The average Bonchev–Trinajstić information content (AvgIpc) is 3.30. The number of nitrogens with one attached hydrogen (secondary N) is 1. The summed E-state index contributed by atoms with van der Waals surface area (Å²) < 4.78 is 12.8. The molecule has 0 radical (unpaired) electrons. The molecule has 3 aromatic rings. The lowest BCUT2D eigenvalue weighted by Gasteiger charge is -2.46. The lowest BCUT2D eigenvalue weighted by molar-refractivity contribution is 0.0670. The van der Waals surface area contributed by atoms with E-state index in [-0.39, 0.29) is 11.4 Å². The number of pyridine rings is 1. The monoisotopic (exact) mass is 404 g/mol. The summed E-state index contributed by atoms with van der Waals surface area (Å²) >= 11 is 0. The van der Waals surface area contributed by atoms with E-state index < -0.39 is 0 Å².